The lowest BCUT2D eigenvalue weighted by Gasteiger charge is -2.26. The molecule has 1 N–H and O–H groups in total. The van der Waals surface area contributed by atoms with E-state index >= 15 is 0 Å². The van der Waals surface area contributed by atoms with E-state index in [2.05, 4.69) is 12.2 Å². The van der Waals surface area contributed by atoms with Crippen LogP contribution in [0, 0.1) is 22.0 Å². The fourth-order valence-corrected chi connectivity index (χ4v) is 2.74. The molecule has 0 radical (unpaired) electrons. The van der Waals surface area contributed by atoms with Crippen LogP contribution in [-0.4, -0.2) is 18.6 Å². The molecular weight excluding hydrogens is 256 g/mol. The molecule has 1 aliphatic carbocycles. The minimum Gasteiger partial charge on any atom is -0.495 e. The molecule has 5 nitrogen and oxygen atoms in total. The number of anilines is 1. The van der Waals surface area contributed by atoms with Gasteiger partial charge in [-0.05, 0) is 30.7 Å². The first-order valence-corrected chi connectivity index (χ1v) is 7.16. The van der Waals surface area contributed by atoms with Crippen molar-refractivity contribution in [2.24, 2.45) is 11.8 Å². The van der Waals surface area contributed by atoms with Gasteiger partial charge in [-0.2, -0.15) is 0 Å². The van der Waals surface area contributed by atoms with Crippen LogP contribution in [0.15, 0.2) is 18.2 Å². The molecule has 1 fully saturated rings. The zero-order valence-corrected chi connectivity index (χ0v) is 12.1. The monoisotopic (exact) mass is 278 g/mol. The van der Waals surface area contributed by atoms with E-state index in [9.17, 15) is 10.1 Å². The molecule has 0 bridgehead atoms. The van der Waals surface area contributed by atoms with E-state index in [1.165, 1.54) is 31.7 Å². The van der Waals surface area contributed by atoms with Crippen molar-refractivity contribution in [3.05, 3.63) is 28.3 Å². The second-order valence-electron chi connectivity index (χ2n) is 5.65. The Bertz CT molecular complexity index is 468. The van der Waals surface area contributed by atoms with Gasteiger partial charge in [0.15, 0.2) is 0 Å². The number of nitro benzene ring substituents is 1. The Balaban J connectivity index is 2.00. The fourth-order valence-electron chi connectivity index (χ4n) is 2.74. The number of benzene rings is 1. The molecule has 2 rings (SSSR count). The van der Waals surface area contributed by atoms with Gasteiger partial charge in [-0.1, -0.05) is 19.8 Å². The summed E-state index contributed by atoms with van der Waals surface area (Å²) in [7, 11) is 1.58. The van der Waals surface area contributed by atoms with E-state index in [0.717, 1.165) is 12.5 Å². The first-order valence-electron chi connectivity index (χ1n) is 7.16. The van der Waals surface area contributed by atoms with Crippen LogP contribution >= 0.6 is 0 Å². The van der Waals surface area contributed by atoms with Crippen molar-refractivity contribution in [3.63, 3.8) is 0 Å². The molecule has 1 saturated carbocycles. The highest BCUT2D eigenvalue weighted by molar-refractivity contribution is 5.61. The van der Waals surface area contributed by atoms with Crippen LogP contribution in [0.4, 0.5) is 11.4 Å². The molecule has 0 heterocycles. The third-order valence-corrected chi connectivity index (χ3v) is 4.11. The highest BCUT2D eigenvalue weighted by atomic mass is 16.6. The molecule has 0 aliphatic heterocycles. The Kier molecular flexibility index (Phi) is 4.82. The molecule has 0 aromatic heterocycles. The van der Waals surface area contributed by atoms with Gasteiger partial charge in [0.05, 0.1) is 17.7 Å². The third-order valence-electron chi connectivity index (χ3n) is 4.11. The van der Waals surface area contributed by atoms with Crippen molar-refractivity contribution in [1.82, 2.24) is 0 Å². The van der Waals surface area contributed by atoms with Gasteiger partial charge in [0, 0.05) is 18.7 Å². The highest BCUT2D eigenvalue weighted by Crippen LogP contribution is 2.31. The third kappa shape index (κ3) is 3.62. The number of nitrogens with one attached hydrogen (secondary N) is 1. The molecule has 0 atom stereocenters. The Labute approximate surface area is 119 Å². The van der Waals surface area contributed by atoms with Crippen molar-refractivity contribution in [2.45, 2.75) is 32.6 Å². The summed E-state index contributed by atoms with van der Waals surface area (Å²) in [6, 6.07) is 4.65. The van der Waals surface area contributed by atoms with Crippen LogP contribution in [0.1, 0.15) is 32.6 Å². The van der Waals surface area contributed by atoms with Crippen molar-refractivity contribution in [2.75, 3.05) is 19.0 Å². The van der Waals surface area contributed by atoms with E-state index in [4.69, 9.17) is 4.74 Å². The summed E-state index contributed by atoms with van der Waals surface area (Å²) in [6.07, 6.45) is 5.01. The lowest BCUT2D eigenvalue weighted by Crippen LogP contribution is -2.20. The minimum atomic E-state index is -0.382. The Morgan fingerprint density at radius 1 is 1.35 bits per heavy atom. The lowest BCUT2D eigenvalue weighted by molar-refractivity contribution is -0.384. The zero-order chi connectivity index (χ0) is 14.5. The second kappa shape index (κ2) is 6.59. The molecule has 0 amide bonds. The van der Waals surface area contributed by atoms with Gasteiger partial charge >= 0.3 is 0 Å². The Morgan fingerprint density at radius 2 is 2.05 bits per heavy atom. The molecule has 110 valence electrons. The highest BCUT2D eigenvalue weighted by Gasteiger charge is 2.19. The predicted octanol–water partition coefficient (Wildman–Crippen LogP) is 3.84. The maximum atomic E-state index is 10.8. The normalized spacial score (nSPS) is 22.3. The summed E-state index contributed by atoms with van der Waals surface area (Å²) in [4.78, 5) is 10.4. The van der Waals surface area contributed by atoms with Crippen molar-refractivity contribution < 1.29 is 9.66 Å². The van der Waals surface area contributed by atoms with Crippen LogP contribution in [0.3, 0.4) is 0 Å². The zero-order valence-electron chi connectivity index (χ0n) is 12.1. The molecule has 1 aromatic rings. The SMILES string of the molecule is COc1ccc([N+](=O)[O-])cc1NCC1CCC(C)CC1. The average Bonchev–Trinajstić information content (AvgIpc) is 2.46. The fraction of sp³-hybridized carbons (Fsp3) is 0.600. The number of rotatable bonds is 5. The quantitative estimate of drug-likeness (QED) is 0.656. The van der Waals surface area contributed by atoms with Crippen molar-refractivity contribution >= 4 is 11.4 Å². The smallest absolute Gasteiger partial charge is 0.271 e. The molecule has 1 aromatic carbocycles. The summed E-state index contributed by atoms with van der Waals surface area (Å²) in [5.74, 6) is 2.13. The molecule has 0 unspecified atom stereocenters. The molecule has 0 saturated heterocycles. The van der Waals surface area contributed by atoms with E-state index < -0.39 is 0 Å². The summed E-state index contributed by atoms with van der Waals surface area (Å²) in [6.45, 7) is 3.15. The van der Waals surface area contributed by atoms with Gasteiger partial charge < -0.3 is 10.1 Å². The summed E-state index contributed by atoms with van der Waals surface area (Å²) in [5, 5.41) is 14.1. The van der Waals surface area contributed by atoms with Crippen LogP contribution < -0.4 is 10.1 Å². The Hall–Kier alpha value is -1.78. The number of methoxy groups -OCH3 is 1. The topological polar surface area (TPSA) is 64.4 Å². The molecular formula is C15H22N2O3. The lowest BCUT2D eigenvalue weighted by atomic mass is 9.83. The van der Waals surface area contributed by atoms with Crippen LogP contribution in [0.25, 0.3) is 0 Å². The van der Waals surface area contributed by atoms with E-state index in [1.54, 1.807) is 19.2 Å². The molecule has 5 heteroatoms. The van der Waals surface area contributed by atoms with Gasteiger partial charge in [0.2, 0.25) is 0 Å². The maximum absolute atomic E-state index is 10.8. The summed E-state index contributed by atoms with van der Waals surface area (Å²) < 4.78 is 5.25. The summed E-state index contributed by atoms with van der Waals surface area (Å²) >= 11 is 0. The second-order valence-corrected chi connectivity index (χ2v) is 5.65. The van der Waals surface area contributed by atoms with Crippen LogP contribution in [-0.2, 0) is 0 Å². The predicted molar refractivity (Wildman–Crippen MR) is 79.3 cm³/mol. The van der Waals surface area contributed by atoms with Crippen LogP contribution in [0.5, 0.6) is 5.75 Å². The number of hydrogen-bond donors (Lipinski definition) is 1. The van der Waals surface area contributed by atoms with Gasteiger partial charge in [-0.15, -0.1) is 0 Å². The molecule has 1 aliphatic rings. The number of non-ortho nitro benzene ring substituents is 1. The maximum Gasteiger partial charge on any atom is 0.271 e. The number of hydrogen-bond acceptors (Lipinski definition) is 4. The first-order chi connectivity index (χ1) is 9.60. The Morgan fingerprint density at radius 3 is 2.65 bits per heavy atom. The molecule has 20 heavy (non-hydrogen) atoms. The van der Waals surface area contributed by atoms with Gasteiger partial charge in [-0.25, -0.2) is 0 Å². The van der Waals surface area contributed by atoms with Gasteiger partial charge in [-0.3, -0.25) is 10.1 Å². The van der Waals surface area contributed by atoms with Crippen molar-refractivity contribution in [3.8, 4) is 5.75 Å². The summed E-state index contributed by atoms with van der Waals surface area (Å²) in [5.41, 5.74) is 0.797. The standard InChI is InChI=1S/C15H22N2O3/c1-11-3-5-12(6-4-11)10-16-14-9-13(17(18)19)7-8-15(14)20-2/h7-9,11-12,16H,3-6,10H2,1-2H3. The van der Waals surface area contributed by atoms with E-state index in [-0.39, 0.29) is 10.6 Å². The van der Waals surface area contributed by atoms with Gasteiger partial charge in [0.1, 0.15) is 5.75 Å². The minimum absolute atomic E-state index is 0.0885. The average molecular weight is 278 g/mol. The van der Waals surface area contributed by atoms with Crippen molar-refractivity contribution in [1.29, 1.82) is 0 Å². The van der Waals surface area contributed by atoms with E-state index in [1.807, 2.05) is 0 Å². The first kappa shape index (κ1) is 14.6. The van der Waals surface area contributed by atoms with Crippen LogP contribution in [0.2, 0.25) is 0 Å². The number of nitro groups is 1. The number of ether oxygens (including phenoxy) is 1. The molecule has 0 spiro atoms. The van der Waals surface area contributed by atoms with Gasteiger partial charge in [0.25, 0.3) is 5.69 Å². The number of nitrogens with zero attached hydrogens (tertiary/aromatic N) is 1. The van der Waals surface area contributed by atoms with E-state index in [0.29, 0.717) is 17.4 Å². The largest absolute Gasteiger partial charge is 0.495 e.